The molecule has 0 spiro atoms. The van der Waals surface area contributed by atoms with Crippen LogP contribution in [0.25, 0.3) is 0 Å². The standard InChI is InChI=1S/C20H30N4O6S/c1-10(2)16(24-17(26)11(3)21)19(28)23-15(9-31)18(27)22-14(20(29)30)8-12-4-6-13(25)7-5-12/h4-7,10-11,14-16,25,31H,8-9,21H2,1-3H3,(H,22,27)(H,23,28)(H,24,26)(H,29,30). The molecule has 0 radical (unpaired) electrons. The van der Waals surface area contributed by atoms with Crippen LogP contribution in [0.15, 0.2) is 24.3 Å². The molecule has 0 aliphatic heterocycles. The quantitative estimate of drug-likeness (QED) is 0.219. The number of aromatic hydroxyl groups is 1. The van der Waals surface area contributed by atoms with E-state index in [2.05, 4.69) is 28.6 Å². The molecule has 11 heteroatoms. The van der Waals surface area contributed by atoms with Gasteiger partial charge in [-0.15, -0.1) is 0 Å². The highest BCUT2D eigenvalue weighted by atomic mass is 32.1. The zero-order valence-electron chi connectivity index (χ0n) is 17.7. The predicted octanol–water partition coefficient (Wildman–Crippen LogP) is -0.593. The number of phenols is 1. The summed E-state index contributed by atoms with van der Waals surface area (Å²) in [5.41, 5.74) is 6.12. The Labute approximate surface area is 186 Å². The van der Waals surface area contributed by atoms with Gasteiger partial charge in [0.15, 0.2) is 0 Å². The van der Waals surface area contributed by atoms with Crippen molar-refractivity contribution in [2.45, 2.75) is 51.4 Å². The number of nitrogens with one attached hydrogen (secondary N) is 3. The molecule has 0 saturated heterocycles. The summed E-state index contributed by atoms with van der Waals surface area (Å²) in [6.07, 6.45) is -0.0202. The van der Waals surface area contributed by atoms with E-state index in [1.54, 1.807) is 26.0 Å². The van der Waals surface area contributed by atoms with E-state index >= 15 is 0 Å². The highest BCUT2D eigenvalue weighted by molar-refractivity contribution is 7.80. The number of rotatable bonds is 11. The average Bonchev–Trinajstić information content (AvgIpc) is 2.70. The first kappa shape index (κ1) is 26.2. The minimum atomic E-state index is -1.25. The van der Waals surface area contributed by atoms with Gasteiger partial charge in [-0.05, 0) is 30.5 Å². The van der Waals surface area contributed by atoms with Crippen molar-refractivity contribution in [1.82, 2.24) is 16.0 Å². The van der Waals surface area contributed by atoms with E-state index in [4.69, 9.17) is 5.73 Å². The van der Waals surface area contributed by atoms with E-state index in [1.807, 2.05) is 0 Å². The predicted molar refractivity (Wildman–Crippen MR) is 118 cm³/mol. The molecular formula is C20H30N4O6S. The Morgan fingerprint density at radius 2 is 1.48 bits per heavy atom. The van der Waals surface area contributed by atoms with Crippen LogP contribution in [-0.4, -0.2) is 63.8 Å². The number of nitrogens with two attached hydrogens (primary N) is 1. The van der Waals surface area contributed by atoms with Crippen LogP contribution in [0, 0.1) is 5.92 Å². The molecule has 3 amide bonds. The van der Waals surface area contributed by atoms with E-state index < -0.39 is 47.9 Å². The van der Waals surface area contributed by atoms with E-state index in [-0.39, 0.29) is 23.8 Å². The second kappa shape index (κ2) is 12.2. The zero-order valence-corrected chi connectivity index (χ0v) is 18.6. The maximum atomic E-state index is 12.6. The molecular weight excluding hydrogens is 424 g/mol. The molecule has 4 unspecified atom stereocenters. The molecule has 0 saturated carbocycles. The number of thiol groups is 1. The Kier molecular flexibility index (Phi) is 10.3. The third kappa shape index (κ3) is 8.46. The Hall–Kier alpha value is -2.79. The first-order chi connectivity index (χ1) is 14.5. The SMILES string of the molecule is CC(N)C(=O)NC(C(=O)NC(CS)C(=O)NC(Cc1ccc(O)cc1)C(=O)O)C(C)C. The van der Waals surface area contributed by atoms with Crippen LogP contribution in [0.1, 0.15) is 26.3 Å². The van der Waals surface area contributed by atoms with Crippen molar-refractivity contribution >= 4 is 36.3 Å². The second-order valence-corrected chi connectivity index (χ2v) is 7.90. The van der Waals surface area contributed by atoms with Gasteiger partial charge in [-0.2, -0.15) is 12.6 Å². The fraction of sp³-hybridized carbons (Fsp3) is 0.500. The first-order valence-corrected chi connectivity index (χ1v) is 10.4. The normalized spacial score (nSPS) is 14.8. The maximum absolute atomic E-state index is 12.6. The first-order valence-electron chi connectivity index (χ1n) is 9.74. The molecule has 0 bridgehead atoms. The molecule has 0 aliphatic rings. The minimum Gasteiger partial charge on any atom is -0.508 e. The summed E-state index contributed by atoms with van der Waals surface area (Å²) in [4.78, 5) is 48.7. The number of phenolic OH excluding ortho intramolecular Hbond substituents is 1. The smallest absolute Gasteiger partial charge is 0.326 e. The lowest BCUT2D eigenvalue weighted by Gasteiger charge is -2.26. The largest absolute Gasteiger partial charge is 0.508 e. The summed E-state index contributed by atoms with van der Waals surface area (Å²) < 4.78 is 0. The van der Waals surface area contributed by atoms with Gasteiger partial charge in [0.25, 0.3) is 0 Å². The number of carbonyl (C=O) groups excluding carboxylic acids is 3. The molecule has 0 aromatic heterocycles. The van der Waals surface area contributed by atoms with Crippen LogP contribution < -0.4 is 21.7 Å². The lowest BCUT2D eigenvalue weighted by Crippen LogP contribution is -2.58. The van der Waals surface area contributed by atoms with Crippen LogP contribution in [0.2, 0.25) is 0 Å². The van der Waals surface area contributed by atoms with Gasteiger partial charge in [0, 0.05) is 12.2 Å². The zero-order chi connectivity index (χ0) is 23.7. The van der Waals surface area contributed by atoms with Crippen molar-refractivity contribution in [3.8, 4) is 5.75 Å². The van der Waals surface area contributed by atoms with Gasteiger partial charge in [-0.1, -0.05) is 26.0 Å². The van der Waals surface area contributed by atoms with Gasteiger partial charge in [-0.3, -0.25) is 14.4 Å². The number of benzene rings is 1. The number of carbonyl (C=O) groups is 4. The molecule has 1 rings (SSSR count). The van der Waals surface area contributed by atoms with Crippen molar-refractivity contribution in [1.29, 1.82) is 0 Å². The van der Waals surface area contributed by atoms with E-state index in [0.29, 0.717) is 5.56 Å². The fourth-order valence-corrected chi connectivity index (χ4v) is 2.87. The third-order valence-electron chi connectivity index (χ3n) is 4.47. The highest BCUT2D eigenvalue weighted by Gasteiger charge is 2.30. The van der Waals surface area contributed by atoms with Gasteiger partial charge >= 0.3 is 5.97 Å². The van der Waals surface area contributed by atoms with E-state index in [1.165, 1.54) is 19.1 Å². The summed E-state index contributed by atoms with van der Waals surface area (Å²) in [5, 5.41) is 26.2. The molecule has 4 atom stereocenters. The molecule has 0 aliphatic carbocycles. The van der Waals surface area contributed by atoms with Gasteiger partial charge < -0.3 is 31.9 Å². The number of carboxylic acids is 1. The maximum Gasteiger partial charge on any atom is 0.326 e. The minimum absolute atomic E-state index is 0.0202. The van der Waals surface area contributed by atoms with Crippen LogP contribution in [0.3, 0.4) is 0 Å². The Balaban J connectivity index is 2.84. The van der Waals surface area contributed by atoms with Gasteiger partial charge in [0.2, 0.25) is 17.7 Å². The van der Waals surface area contributed by atoms with Gasteiger partial charge in [-0.25, -0.2) is 4.79 Å². The molecule has 0 heterocycles. The van der Waals surface area contributed by atoms with Gasteiger partial charge in [0.1, 0.15) is 23.9 Å². The fourth-order valence-electron chi connectivity index (χ4n) is 2.62. The summed E-state index contributed by atoms with van der Waals surface area (Å²) in [6, 6.07) is 1.80. The number of hydrogen-bond donors (Lipinski definition) is 7. The Bertz CT molecular complexity index is 784. The number of carboxylic acid groups (broad SMARTS) is 1. The van der Waals surface area contributed by atoms with Crippen LogP contribution >= 0.6 is 12.6 Å². The number of amides is 3. The van der Waals surface area contributed by atoms with Gasteiger partial charge in [0.05, 0.1) is 6.04 Å². The van der Waals surface area contributed by atoms with E-state index in [9.17, 15) is 29.4 Å². The molecule has 10 nitrogen and oxygen atoms in total. The summed E-state index contributed by atoms with van der Waals surface area (Å²) >= 11 is 4.08. The third-order valence-corrected chi connectivity index (χ3v) is 4.83. The van der Waals surface area contributed by atoms with Crippen LogP contribution in [-0.2, 0) is 25.6 Å². The average molecular weight is 455 g/mol. The van der Waals surface area contributed by atoms with Crippen molar-refractivity contribution in [3.05, 3.63) is 29.8 Å². The Morgan fingerprint density at radius 3 is 1.94 bits per heavy atom. The van der Waals surface area contributed by atoms with Crippen molar-refractivity contribution in [2.24, 2.45) is 11.7 Å². The lowest BCUT2D eigenvalue weighted by atomic mass is 10.0. The molecule has 1 aromatic carbocycles. The lowest BCUT2D eigenvalue weighted by molar-refractivity contribution is -0.142. The summed E-state index contributed by atoms with van der Waals surface area (Å²) in [5.74, 6) is -3.44. The Morgan fingerprint density at radius 1 is 0.935 bits per heavy atom. The summed E-state index contributed by atoms with van der Waals surface area (Å²) in [6.45, 7) is 4.92. The van der Waals surface area contributed by atoms with Crippen molar-refractivity contribution in [3.63, 3.8) is 0 Å². The molecule has 1 aromatic rings. The molecule has 7 N–H and O–H groups in total. The molecule has 31 heavy (non-hydrogen) atoms. The second-order valence-electron chi connectivity index (χ2n) is 7.53. The number of aliphatic carboxylic acids is 1. The van der Waals surface area contributed by atoms with E-state index in [0.717, 1.165) is 0 Å². The number of hydrogen-bond acceptors (Lipinski definition) is 7. The van der Waals surface area contributed by atoms with Crippen LogP contribution in [0.4, 0.5) is 0 Å². The molecule has 0 fully saturated rings. The van der Waals surface area contributed by atoms with Crippen molar-refractivity contribution in [2.75, 3.05) is 5.75 Å². The topological polar surface area (TPSA) is 171 Å². The molecule has 172 valence electrons. The van der Waals surface area contributed by atoms with Crippen molar-refractivity contribution < 1.29 is 29.4 Å². The highest BCUT2D eigenvalue weighted by Crippen LogP contribution is 2.12. The summed E-state index contributed by atoms with van der Waals surface area (Å²) in [7, 11) is 0. The van der Waals surface area contributed by atoms with Crippen LogP contribution in [0.5, 0.6) is 5.75 Å². The monoisotopic (exact) mass is 454 g/mol.